The second-order valence-electron chi connectivity index (χ2n) is 6.68. The molecule has 1 fully saturated rings. The van der Waals surface area contributed by atoms with E-state index in [9.17, 15) is 9.18 Å². The molecule has 2 aromatic carbocycles. The maximum Gasteiger partial charge on any atom is 0.253 e. The second kappa shape index (κ2) is 8.08. The van der Waals surface area contributed by atoms with Crippen LogP contribution in [0.15, 0.2) is 48.8 Å². The van der Waals surface area contributed by atoms with Gasteiger partial charge in [0.15, 0.2) is 5.82 Å². The Bertz CT molecular complexity index is 950. The van der Waals surface area contributed by atoms with Crippen LogP contribution in [0, 0.1) is 5.82 Å². The van der Waals surface area contributed by atoms with Crippen molar-refractivity contribution in [2.45, 2.75) is 6.54 Å². The number of hydrogen-bond donors (Lipinski definition) is 1. The first-order chi connectivity index (χ1) is 13.6. The molecule has 6 nitrogen and oxygen atoms in total. The number of carbonyl (C=O) groups excluding carboxylic acids is 1. The van der Waals surface area contributed by atoms with Gasteiger partial charge in [0.05, 0.1) is 0 Å². The second-order valence-corrected chi connectivity index (χ2v) is 7.09. The lowest BCUT2D eigenvalue weighted by molar-refractivity contribution is 0.0627. The Kier molecular flexibility index (Phi) is 5.36. The summed E-state index contributed by atoms with van der Waals surface area (Å²) in [4.78, 5) is 20.9. The quantitative estimate of drug-likeness (QED) is 0.731. The van der Waals surface area contributed by atoms with Crippen LogP contribution in [0.1, 0.15) is 15.9 Å². The Morgan fingerprint density at radius 2 is 1.93 bits per heavy atom. The number of nitrogens with zero attached hydrogens (tertiary/aromatic N) is 4. The van der Waals surface area contributed by atoms with Crippen molar-refractivity contribution in [3.63, 3.8) is 0 Å². The number of benzene rings is 2. The lowest BCUT2D eigenvalue weighted by atomic mass is 10.1. The highest BCUT2D eigenvalue weighted by atomic mass is 35.5. The molecule has 8 heteroatoms. The van der Waals surface area contributed by atoms with E-state index in [-0.39, 0.29) is 11.7 Å². The van der Waals surface area contributed by atoms with E-state index in [1.54, 1.807) is 18.2 Å². The number of piperazine rings is 1. The summed E-state index contributed by atoms with van der Waals surface area (Å²) < 4.78 is 14.0. The van der Waals surface area contributed by atoms with Crippen LogP contribution in [0.3, 0.4) is 0 Å². The van der Waals surface area contributed by atoms with E-state index in [1.165, 1.54) is 12.4 Å². The fourth-order valence-electron chi connectivity index (χ4n) is 3.34. The third-order valence-electron chi connectivity index (χ3n) is 4.90. The zero-order chi connectivity index (χ0) is 19.5. The van der Waals surface area contributed by atoms with Gasteiger partial charge in [0.2, 0.25) is 0 Å². The van der Waals surface area contributed by atoms with Crippen LogP contribution in [-0.2, 0) is 6.54 Å². The van der Waals surface area contributed by atoms with Crippen molar-refractivity contribution in [1.29, 1.82) is 0 Å². The number of H-pyrrole nitrogens is 1. The van der Waals surface area contributed by atoms with Gasteiger partial charge in [0.1, 0.15) is 12.1 Å². The largest absolute Gasteiger partial charge is 0.336 e. The Labute approximate surface area is 166 Å². The molecule has 1 aliphatic rings. The number of amides is 1. The predicted molar refractivity (Wildman–Crippen MR) is 104 cm³/mol. The van der Waals surface area contributed by atoms with Crippen LogP contribution in [0.25, 0.3) is 11.4 Å². The highest BCUT2D eigenvalue weighted by Gasteiger charge is 2.23. The molecule has 1 N–H and O–H groups in total. The average molecular weight is 400 g/mol. The van der Waals surface area contributed by atoms with Gasteiger partial charge >= 0.3 is 0 Å². The van der Waals surface area contributed by atoms with Crippen molar-refractivity contribution in [3.05, 3.63) is 70.8 Å². The molecule has 0 unspecified atom stereocenters. The van der Waals surface area contributed by atoms with Crippen molar-refractivity contribution in [2.24, 2.45) is 0 Å². The lowest BCUT2D eigenvalue weighted by Crippen LogP contribution is -2.48. The normalized spacial score (nSPS) is 15.0. The molecule has 0 aliphatic carbocycles. The molecule has 1 aliphatic heterocycles. The zero-order valence-electron chi connectivity index (χ0n) is 15.1. The number of halogens is 2. The molecule has 144 valence electrons. The Hall–Kier alpha value is -2.77. The number of aromatic amines is 1. The average Bonchev–Trinajstić information content (AvgIpc) is 3.26. The van der Waals surface area contributed by atoms with Crippen LogP contribution in [0.5, 0.6) is 0 Å². The molecule has 1 aromatic heterocycles. The van der Waals surface area contributed by atoms with Crippen molar-refractivity contribution in [2.75, 3.05) is 26.2 Å². The summed E-state index contributed by atoms with van der Waals surface area (Å²) in [6.07, 6.45) is 1.44. The number of rotatable bonds is 4. The number of nitrogens with one attached hydrogen (secondary N) is 1. The fourth-order valence-corrected chi connectivity index (χ4v) is 3.57. The van der Waals surface area contributed by atoms with Crippen molar-refractivity contribution >= 4 is 17.5 Å². The van der Waals surface area contributed by atoms with Gasteiger partial charge in [-0.15, -0.1) is 0 Å². The zero-order valence-corrected chi connectivity index (χ0v) is 15.9. The van der Waals surface area contributed by atoms with Gasteiger partial charge in [-0.2, -0.15) is 5.10 Å². The van der Waals surface area contributed by atoms with Gasteiger partial charge in [-0.05, 0) is 24.3 Å². The standard InChI is InChI=1S/C20H19ClFN5O/c21-17-5-2-6-18(22)16(17)12-26-7-9-27(10-8-26)20(28)15-4-1-3-14(11-15)19-23-13-24-25-19/h1-6,11,13H,7-10,12H2,(H,23,24,25). The molecule has 0 bridgehead atoms. The van der Waals surface area contributed by atoms with Crippen molar-refractivity contribution in [3.8, 4) is 11.4 Å². The minimum atomic E-state index is -0.296. The van der Waals surface area contributed by atoms with Gasteiger partial charge in [-0.3, -0.25) is 14.8 Å². The van der Waals surface area contributed by atoms with Crippen molar-refractivity contribution in [1.82, 2.24) is 25.0 Å². The van der Waals surface area contributed by atoms with Gasteiger partial charge in [-0.1, -0.05) is 29.8 Å². The Morgan fingerprint density at radius 1 is 1.14 bits per heavy atom. The van der Waals surface area contributed by atoms with E-state index in [0.29, 0.717) is 54.7 Å². The molecule has 0 spiro atoms. The topological polar surface area (TPSA) is 65.1 Å². The molecule has 1 saturated heterocycles. The summed E-state index contributed by atoms with van der Waals surface area (Å²) in [5.74, 6) is 0.307. The molecular weight excluding hydrogens is 381 g/mol. The van der Waals surface area contributed by atoms with Gasteiger partial charge < -0.3 is 4.90 Å². The van der Waals surface area contributed by atoms with Gasteiger partial charge in [0.25, 0.3) is 5.91 Å². The minimum Gasteiger partial charge on any atom is -0.336 e. The summed E-state index contributed by atoms with van der Waals surface area (Å²) in [6, 6.07) is 12.0. The Morgan fingerprint density at radius 3 is 2.64 bits per heavy atom. The minimum absolute atomic E-state index is 0.0232. The van der Waals surface area contributed by atoms with Crippen LogP contribution >= 0.6 is 11.6 Å². The number of carbonyl (C=O) groups is 1. The molecule has 2 heterocycles. The van der Waals surface area contributed by atoms with Gasteiger partial charge in [0, 0.05) is 54.4 Å². The molecule has 1 amide bonds. The third-order valence-corrected chi connectivity index (χ3v) is 5.26. The van der Waals surface area contributed by atoms with E-state index < -0.39 is 0 Å². The maximum atomic E-state index is 14.0. The smallest absolute Gasteiger partial charge is 0.253 e. The first-order valence-electron chi connectivity index (χ1n) is 9.02. The molecule has 4 rings (SSSR count). The summed E-state index contributed by atoms with van der Waals surface area (Å²) in [5, 5.41) is 7.08. The highest BCUT2D eigenvalue weighted by Crippen LogP contribution is 2.22. The molecular formula is C20H19ClFN5O. The van der Waals surface area contributed by atoms with Crippen LogP contribution in [0.2, 0.25) is 5.02 Å². The molecule has 0 saturated carbocycles. The first-order valence-corrected chi connectivity index (χ1v) is 9.40. The van der Waals surface area contributed by atoms with Gasteiger partial charge in [-0.25, -0.2) is 9.37 Å². The highest BCUT2D eigenvalue weighted by molar-refractivity contribution is 6.31. The summed E-state index contributed by atoms with van der Waals surface area (Å²) in [7, 11) is 0. The van der Waals surface area contributed by atoms with Crippen LogP contribution in [-0.4, -0.2) is 57.1 Å². The summed E-state index contributed by atoms with van der Waals surface area (Å²) in [6.45, 7) is 2.93. The molecule has 0 atom stereocenters. The number of aromatic nitrogens is 3. The van der Waals surface area contributed by atoms with Crippen LogP contribution < -0.4 is 0 Å². The molecule has 28 heavy (non-hydrogen) atoms. The van der Waals surface area contributed by atoms with Crippen molar-refractivity contribution < 1.29 is 9.18 Å². The maximum absolute atomic E-state index is 14.0. The fraction of sp³-hybridized carbons (Fsp3) is 0.250. The lowest BCUT2D eigenvalue weighted by Gasteiger charge is -2.35. The number of hydrogen-bond acceptors (Lipinski definition) is 4. The molecule has 3 aromatic rings. The summed E-state index contributed by atoms with van der Waals surface area (Å²) in [5.41, 5.74) is 1.93. The van der Waals surface area contributed by atoms with E-state index in [2.05, 4.69) is 20.1 Å². The van der Waals surface area contributed by atoms with E-state index in [0.717, 1.165) is 5.56 Å². The molecule has 0 radical (unpaired) electrons. The van der Waals surface area contributed by atoms with Crippen LogP contribution in [0.4, 0.5) is 4.39 Å². The van der Waals surface area contributed by atoms with E-state index >= 15 is 0 Å². The predicted octanol–water partition coefficient (Wildman–Crippen LogP) is 3.22. The summed E-state index contributed by atoms with van der Waals surface area (Å²) >= 11 is 6.12. The first kappa shape index (κ1) is 18.6. The van der Waals surface area contributed by atoms with E-state index in [1.807, 2.05) is 23.1 Å². The SMILES string of the molecule is O=C(c1cccc(-c2ncn[nH]2)c1)N1CCN(Cc2c(F)cccc2Cl)CC1. The van der Waals surface area contributed by atoms with E-state index in [4.69, 9.17) is 11.6 Å². The Balaban J connectivity index is 1.40. The monoisotopic (exact) mass is 399 g/mol. The third kappa shape index (κ3) is 3.90.